The third-order valence-corrected chi connectivity index (χ3v) is 5.36. The lowest BCUT2D eigenvalue weighted by atomic mass is 9.87. The van der Waals surface area contributed by atoms with Crippen LogP contribution < -0.4 is 5.32 Å². The summed E-state index contributed by atoms with van der Waals surface area (Å²) in [6.45, 7) is 9.14. The summed E-state index contributed by atoms with van der Waals surface area (Å²) in [5.41, 5.74) is 3.61. The van der Waals surface area contributed by atoms with Crippen LogP contribution >= 0.6 is 0 Å². The SMILES string of the molecule is C#[N+]CCCCCCNc1c(C2CCCCC2)nc2cccc(C)n12. The smallest absolute Gasteiger partial charge is 0.263 e. The summed E-state index contributed by atoms with van der Waals surface area (Å²) >= 11 is 0. The van der Waals surface area contributed by atoms with Gasteiger partial charge in [0.2, 0.25) is 0 Å². The molecule has 0 bridgehead atoms. The third-order valence-electron chi connectivity index (χ3n) is 5.36. The minimum atomic E-state index is 0.613. The fourth-order valence-corrected chi connectivity index (χ4v) is 3.99. The van der Waals surface area contributed by atoms with E-state index in [-0.39, 0.29) is 0 Å². The Morgan fingerprint density at radius 1 is 1.16 bits per heavy atom. The highest BCUT2D eigenvalue weighted by Gasteiger charge is 2.23. The number of imidazole rings is 1. The van der Waals surface area contributed by atoms with Gasteiger partial charge in [-0.25, -0.2) is 4.98 Å². The molecule has 3 rings (SSSR count). The van der Waals surface area contributed by atoms with E-state index in [0.717, 1.165) is 25.2 Å². The summed E-state index contributed by atoms with van der Waals surface area (Å²) in [6.07, 6.45) is 11.3. The number of unbranched alkanes of at least 4 members (excludes halogenated alkanes) is 3. The Morgan fingerprint density at radius 3 is 2.76 bits per heavy atom. The molecule has 0 atom stereocenters. The number of rotatable bonds is 8. The molecule has 1 saturated carbocycles. The molecule has 4 nitrogen and oxygen atoms in total. The fourth-order valence-electron chi connectivity index (χ4n) is 3.99. The van der Waals surface area contributed by atoms with E-state index in [1.165, 1.54) is 68.6 Å². The molecule has 0 radical (unpaired) electrons. The van der Waals surface area contributed by atoms with Crippen molar-refractivity contribution in [2.75, 3.05) is 18.4 Å². The predicted octanol–water partition coefficient (Wildman–Crippen LogP) is 5.63. The van der Waals surface area contributed by atoms with Gasteiger partial charge in [-0.05, 0) is 44.7 Å². The Balaban J connectivity index is 1.71. The Bertz CT molecular complexity index is 719. The molecule has 2 aromatic rings. The molecule has 4 heteroatoms. The van der Waals surface area contributed by atoms with E-state index in [9.17, 15) is 0 Å². The molecule has 0 aliphatic heterocycles. The van der Waals surface area contributed by atoms with Crippen LogP contribution in [-0.2, 0) is 0 Å². The largest absolute Gasteiger partial charge is 0.370 e. The summed E-state index contributed by atoms with van der Waals surface area (Å²) in [5.74, 6) is 1.85. The molecule has 0 unspecified atom stereocenters. The molecule has 0 spiro atoms. The third kappa shape index (κ3) is 4.34. The van der Waals surface area contributed by atoms with Crippen LogP contribution in [0.2, 0.25) is 0 Å². The lowest BCUT2D eigenvalue weighted by molar-refractivity contribution is 0.438. The summed E-state index contributed by atoms with van der Waals surface area (Å²) < 4.78 is 2.30. The molecule has 2 aromatic heterocycles. The van der Waals surface area contributed by atoms with Crippen molar-refractivity contribution in [1.82, 2.24) is 9.38 Å². The van der Waals surface area contributed by atoms with Crippen LogP contribution in [0, 0.1) is 13.5 Å². The van der Waals surface area contributed by atoms with E-state index in [2.05, 4.69) is 39.7 Å². The van der Waals surface area contributed by atoms with Crippen LogP contribution in [0.1, 0.15) is 75.1 Å². The van der Waals surface area contributed by atoms with Gasteiger partial charge >= 0.3 is 0 Å². The van der Waals surface area contributed by atoms with Crippen LogP contribution in [0.15, 0.2) is 18.2 Å². The highest BCUT2D eigenvalue weighted by Crippen LogP contribution is 2.36. The summed E-state index contributed by atoms with van der Waals surface area (Å²) in [5, 5.41) is 3.72. The standard InChI is InChI=1S/C21H31N4/c1-17-11-10-14-19-24-20(18-12-6-5-7-13-18)21(25(17)19)23-16-9-4-3-8-15-22-2/h2,10-11,14,18,23H,3-9,12-13,15-16H2,1H3/q+1. The Labute approximate surface area is 151 Å². The second kappa shape index (κ2) is 8.89. The number of hydrogen-bond acceptors (Lipinski definition) is 2. The molecule has 1 aliphatic carbocycles. The lowest BCUT2D eigenvalue weighted by Crippen LogP contribution is -2.11. The molecule has 134 valence electrons. The molecular formula is C21H31N4+. The van der Waals surface area contributed by atoms with Gasteiger partial charge in [0, 0.05) is 24.6 Å². The number of anilines is 1. The highest BCUT2D eigenvalue weighted by molar-refractivity contribution is 5.57. The van der Waals surface area contributed by atoms with E-state index >= 15 is 0 Å². The fraction of sp³-hybridized carbons (Fsp3) is 0.619. The van der Waals surface area contributed by atoms with E-state index < -0.39 is 0 Å². The van der Waals surface area contributed by atoms with Gasteiger partial charge < -0.3 is 5.32 Å². The van der Waals surface area contributed by atoms with Gasteiger partial charge in [-0.15, -0.1) is 0 Å². The topological polar surface area (TPSA) is 33.7 Å². The zero-order valence-corrected chi connectivity index (χ0v) is 15.5. The average molecular weight is 340 g/mol. The lowest BCUT2D eigenvalue weighted by Gasteiger charge is -2.21. The molecule has 0 aromatic carbocycles. The van der Waals surface area contributed by atoms with Crippen molar-refractivity contribution in [3.05, 3.63) is 34.4 Å². The number of nitrogens with zero attached hydrogens (tertiary/aromatic N) is 3. The number of nitrogens with one attached hydrogen (secondary N) is 1. The van der Waals surface area contributed by atoms with Crippen molar-refractivity contribution in [1.29, 1.82) is 0 Å². The summed E-state index contributed by atoms with van der Waals surface area (Å²) in [4.78, 5) is 8.68. The van der Waals surface area contributed by atoms with Crippen LogP contribution in [-0.4, -0.2) is 22.5 Å². The zero-order chi connectivity index (χ0) is 17.5. The van der Waals surface area contributed by atoms with Gasteiger partial charge in [-0.3, -0.25) is 4.40 Å². The maximum absolute atomic E-state index is 5.19. The molecule has 0 saturated heterocycles. The van der Waals surface area contributed by atoms with Crippen LogP contribution in [0.5, 0.6) is 0 Å². The maximum Gasteiger partial charge on any atom is 0.263 e. The van der Waals surface area contributed by atoms with Crippen LogP contribution in [0.4, 0.5) is 5.82 Å². The minimum absolute atomic E-state index is 0.613. The van der Waals surface area contributed by atoms with Crippen molar-refractivity contribution in [3.63, 3.8) is 0 Å². The highest BCUT2D eigenvalue weighted by atomic mass is 15.1. The Kier molecular flexibility index (Phi) is 6.33. The van der Waals surface area contributed by atoms with E-state index in [4.69, 9.17) is 11.6 Å². The number of hydrogen-bond donors (Lipinski definition) is 1. The second-order valence-corrected chi connectivity index (χ2v) is 7.29. The molecule has 1 aliphatic rings. The number of fused-ring (bicyclic) bond motifs is 1. The van der Waals surface area contributed by atoms with Crippen molar-refractivity contribution in [3.8, 4) is 6.57 Å². The normalized spacial score (nSPS) is 15.4. The zero-order valence-electron chi connectivity index (χ0n) is 15.5. The van der Waals surface area contributed by atoms with Gasteiger partial charge in [0.25, 0.3) is 13.1 Å². The first-order valence-corrected chi connectivity index (χ1v) is 9.90. The number of aromatic nitrogens is 2. The summed E-state index contributed by atoms with van der Waals surface area (Å²) in [7, 11) is 0. The van der Waals surface area contributed by atoms with Crippen molar-refractivity contribution in [2.24, 2.45) is 0 Å². The number of pyridine rings is 1. The minimum Gasteiger partial charge on any atom is -0.370 e. The van der Waals surface area contributed by atoms with Gasteiger partial charge in [0.15, 0.2) is 0 Å². The molecule has 1 fully saturated rings. The van der Waals surface area contributed by atoms with E-state index in [1.54, 1.807) is 0 Å². The second-order valence-electron chi connectivity index (χ2n) is 7.29. The molecule has 2 heterocycles. The first kappa shape index (κ1) is 17.8. The maximum atomic E-state index is 5.19. The first-order chi connectivity index (χ1) is 12.3. The average Bonchev–Trinajstić information content (AvgIpc) is 3.02. The molecule has 25 heavy (non-hydrogen) atoms. The van der Waals surface area contributed by atoms with Crippen molar-refractivity contribution in [2.45, 2.75) is 70.6 Å². The predicted molar refractivity (Wildman–Crippen MR) is 106 cm³/mol. The van der Waals surface area contributed by atoms with Gasteiger partial charge in [0.1, 0.15) is 11.5 Å². The Morgan fingerprint density at radius 2 is 1.96 bits per heavy atom. The van der Waals surface area contributed by atoms with E-state index in [0.29, 0.717) is 5.92 Å². The van der Waals surface area contributed by atoms with Crippen LogP contribution in [0.25, 0.3) is 10.5 Å². The van der Waals surface area contributed by atoms with E-state index in [1.807, 2.05) is 0 Å². The molecular weight excluding hydrogens is 308 g/mol. The van der Waals surface area contributed by atoms with Crippen molar-refractivity contribution >= 4 is 11.5 Å². The first-order valence-electron chi connectivity index (χ1n) is 9.90. The Hall–Kier alpha value is -2.02. The summed E-state index contributed by atoms with van der Waals surface area (Å²) in [6, 6.07) is 6.40. The quantitative estimate of drug-likeness (QED) is 0.633. The number of aryl methyl sites for hydroxylation is 1. The van der Waals surface area contributed by atoms with Gasteiger partial charge in [-0.2, -0.15) is 0 Å². The monoisotopic (exact) mass is 339 g/mol. The van der Waals surface area contributed by atoms with Gasteiger partial charge in [0.05, 0.1) is 5.69 Å². The molecule has 1 N–H and O–H groups in total. The van der Waals surface area contributed by atoms with Crippen molar-refractivity contribution < 1.29 is 0 Å². The van der Waals surface area contributed by atoms with Crippen LogP contribution in [0.3, 0.4) is 0 Å². The molecule has 0 amide bonds. The van der Waals surface area contributed by atoms with Gasteiger partial charge in [-0.1, -0.05) is 36.6 Å².